The van der Waals surface area contributed by atoms with Crippen molar-refractivity contribution >= 4 is 12.1 Å². The molecule has 0 fully saturated rings. The minimum atomic E-state index is -1.31. The molecule has 4 nitrogen and oxygen atoms in total. The topological polar surface area (TPSA) is 52.9 Å². The van der Waals surface area contributed by atoms with E-state index in [1.54, 1.807) is 12.1 Å². The van der Waals surface area contributed by atoms with Crippen LogP contribution < -0.4 is 0 Å². The average molecular weight is 218 g/mol. The molecule has 1 N–H and O–H groups in total. The maximum absolute atomic E-state index is 10.9. The van der Waals surface area contributed by atoms with E-state index in [9.17, 15) is 9.90 Å². The highest BCUT2D eigenvalue weighted by Crippen LogP contribution is 2.34. The number of rotatable bonds is 3. The third-order valence-corrected chi connectivity index (χ3v) is 2.82. The maximum atomic E-state index is 10.9. The second-order valence-electron chi connectivity index (χ2n) is 3.83. The zero-order valence-corrected chi connectivity index (χ0v) is 9.13. The Hall–Kier alpha value is -1.68. The summed E-state index contributed by atoms with van der Waals surface area (Å²) in [5.41, 5.74) is 0.210. The highest BCUT2D eigenvalue weighted by atomic mass is 16.3. The van der Waals surface area contributed by atoms with Crippen LogP contribution in [0.15, 0.2) is 35.4 Å². The lowest BCUT2D eigenvalue weighted by Gasteiger charge is -2.28. The Morgan fingerprint density at radius 3 is 2.75 bits per heavy atom. The minimum Gasteiger partial charge on any atom is -0.365 e. The van der Waals surface area contributed by atoms with E-state index in [0.717, 1.165) is 17.1 Å². The fraction of sp³-hybridized carbons (Fsp3) is 0.333. The highest BCUT2D eigenvalue weighted by Gasteiger charge is 2.41. The molecule has 1 heterocycles. The van der Waals surface area contributed by atoms with Gasteiger partial charge in [0.25, 0.3) is 0 Å². The SMILES string of the molecule is CCC1=NN(C=O)[C@@](O)(c2ccccc2)C1. The molecule has 2 rings (SSSR count). The number of hydrogen-bond donors (Lipinski definition) is 1. The number of aliphatic hydroxyl groups is 1. The van der Waals surface area contributed by atoms with Gasteiger partial charge in [0, 0.05) is 17.7 Å². The maximum Gasteiger partial charge on any atom is 0.232 e. The summed E-state index contributed by atoms with van der Waals surface area (Å²) < 4.78 is 0. The van der Waals surface area contributed by atoms with Gasteiger partial charge in [0.1, 0.15) is 0 Å². The fourth-order valence-corrected chi connectivity index (χ4v) is 1.88. The van der Waals surface area contributed by atoms with Gasteiger partial charge in [-0.2, -0.15) is 10.1 Å². The molecule has 0 saturated carbocycles. The molecular weight excluding hydrogens is 204 g/mol. The first-order valence-electron chi connectivity index (χ1n) is 5.29. The van der Waals surface area contributed by atoms with Gasteiger partial charge >= 0.3 is 0 Å². The van der Waals surface area contributed by atoms with E-state index >= 15 is 0 Å². The molecule has 84 valence electrons. The van der Waals surface area contributed by atoms with Gasteiger partial charge < -0.3 is 5.11 Å². The van der Waals surface area contributed by atoms with Crippen molar-refractivity contribution in [1.82, 2.24) is 5.01 Å². The molecule has 0 aromatic heterocycles. The summed E-state index contributed by atoms with van der Waals surface area (Å²) in [4.78, 5) is 10.9. The smallest absolute Gasteiger partial charge is 0.232 e. The molecule has 0 bridgehead atoms. The van der Waals surface area contributed by atoms with Gasteiger partial charge in [-0.1, -0.05) is 37.3 Å². The number of amides is 1. The van der Waals surface area contributed by atoms with Gasteiger partial charge in [0.2, 0.25) is 6.41 Å². The molecule has 0 unspecified atom stereocenters. The summed E-state index contributed by atoms with van der Waals surface area (Å²) in [6, 6.07) is 9.13. The van der Waals surface area contributed by atoms with Crippen LogP contribution in [0.2, 0.25) is 0 Å². The molecule has 0 aliphatic carbocycles. The summed E-state index contributed by atoms with van der Waals surface area (Å²) in [5, 5.41) is 15.7. The highest BCUT2D eigenvalue weighted by molar-refractivity contribution is 5.87. The molecule has 0 radical (unpaired) electrons. The molecule has 0 saturated heterocycles. The van der Waals surface area contributed by atoms with Gasteiger partial charge in [-0.3, -0.25) is 4.79 Å². The summed E-state index contributed by atoms with van der Waals surface area (Å²) in [5.74, 6) is 0. The van der Waals surface area contributed by atoms with E-state index < -0.39 is 5.72 Å². The van der Waals surface area contributed by atoms with Crippen molar-refractivity contribution in [2.45, 2.75) is 25.5 Å². The molecule has 4 heteroatoms. The first kappa shape index (κ1) is 10.8. The second kappa shape index (κ2) is 4.06. The van der Waals surface area contributed by atoms with E-state index in [1.807, 2.05) is 25.1 Å². The van der Waals surface area contributed by atoms with E-state index in [4.69, 9.17) is 0 Å². The Morgan fingerprint density at radius 1 is 1.50 bits per heavy atom. The monoisotopic (exact) mass is 218 g/mol. The summed E-state index contributed by atoms with van der Waals surface area (Å²) in [6.45, 7) is 1.96. The number of hydrazone groups is 1. The summed E-state index contributed by atoms with van der Waals surface area (Å²) in [6.07, 6.45) is 1.68. The van der Waals surface area contributed by atoms with Crippen LogP contribution in [-0.4, -0.2) is 22.2 Å². The molecule has 0 spiro atoms. The summed E-state index contributed by atoms with van der Waals surface area (Å²) >= 11 is 0. The van der Waals surface area contributed by atoms with Crippen LogP contribution in [0.25, 0.3) is 0 Å². The zero-order valence-electron chi connectivity index (χ0n) is 9.13. The van der Waals surface area contributed by atoms with Crippen molar-refractivity contribution in [3.63, 3.8) is 0 Å². The Morgan fingerprint density at radius 2 is 2.19 bits per heavy atom. The number of nitrogens with zero attached hydrogens (tertiary/aromatic N) is 2. The Labute approximate surface area is 94.2 Å². The van der Waals surface area contributed by atoms with E-state index in [1.165, 1.54) is 0 Å². The van der Waals surface area contributed by atoms with Crippen LogP contribution in [0.1, 0.15) is 25.3 Å². The van der Waals surface area contributed by atoms with Gasteiger partial charge in [-0.25, -0.2) is 0 Å². The normalized spacial score (nSPS) is 24.4. The Bertz CT molecular complexity index is 416. The predicted octanol–water partition coefficient (Wildman–Crippen LogP) is 1.46. The van der Waals surface area contributed by atoms with E-state index in [2.05, 4.69) is 5.10 Å². The van der Waals surface area contributed by atoms with Crippen LogP contribution in [0.5, 0.6) is 0 Å². The molecule has 1 aromatic rings. The van der Waals surface area contributed by atoms with Crippen LogP contribution in [-0.2, 0) is 10.5 Å². The van der Waals surface area contributed by atoms with E-state index in [0.29, 0.717) is 18.4 Å². The number of carbonyl (C=O) groups is 1. The van der Waals surface area contributed by atoms with Crippen molar-refractivity contribution in [3.05, 3.63) is 35.9 Å². The zero-order chi connectivity index (χ0) is 11.6. The molecule has 16 heavy (non-hydrogen) atoms. The Balaban J connectivity index is 2.37. The van der Waals surface area contributed by atoms with Crippen LogP contribution >= 0.6 is 0 Å². The van der Waals surface area contributed by atoms with Gasteiger partial charge in [-0.15, -0.1) is 0 Å². The predicted molar refractivity (Wildman–Crippen MR) is 60.6 cm³/mol. The van der Waals surface area contributed by atoms with Crippen molar-refractivity contribution in [1.29, 1.82) is 0 Å². The van der Waals surface area contributed by atoms with Crippen LogP contribution in [0.3, 0.4) is 0 Å². The Kier molecular flexibility index (Phi) is 2.75. The van der Waals surface area contributed by atoms with Gasteiger partial charge in [0.15, 0.2) is 5.72 Å². The quantitative estimate of drug-likeness (QED) is 0.781. The number of carbonyl (C=O) groups excluding carboxylic acids is 1. The van der Waals surface area contributed by atoms with Crippen molar-refractivity contribution < 1.29 is 9.90 Å². The largest absolute Gasteiger partial charge is 0.365 e. The molecular formula is C12H14N2O2. The first-order chi connectivity index (χ1) is 7.70. The minimum absolute atomic E-state index is 0.381. The van der Waals surface area contributed by atoms with Crippen molar-refractivity contribution in [2.24, 2.45) is 5.10 Å². The van der Waals surface area contributed by atoms with E-state index in [-0.39, 0.29) is 0 Å². The molecule has 1 aliphatic rings. The number of hydrogen-bond acceptors (Lipinski definition) is 3. The van der Waals surface area contributed by atoms with Crippen LogP contribution in [0, 0.1) is 0 Å². The molecule has 1 amide bonds. The molecule has 1 atom stereocenters. The third kappa shape index (κ3) is 1.61. The summed E-state index contributed by atoms with van der Waals surface area (Å²) in [7, 11) is 0. The third-order valence-electron chi connectivity index (χ3n) is 2.82. The standard InChI is InChI=1S/C12H14N2O2/c1-2-11-8-12(16,14(9-15)13-11)10-6-4-3-5-7-10/h3-7,9,16H,2,8H2,1H3/t12-/m0/s1. The lowest BCUT2D eigenvalue weighted by Crippen LogP contribution is -2.38. The first-order valence-corrected chi connectivity index (χ1v) is 5.29. The lowest BCUT2D eigenvalue weighted by atomic mass is 9.97. The number of benzene rings is 1. The van der Waals surface area contributed by atoms with Crippen LogP contribution in [0.4, 0.5) is 0 Å². The molecule has 1 aromatic carbocycles. The lowest BCUT2D eigenvalue weighted by molar-refractivity contribution is -0.143. The van der Waals surface area contributed by atoms with Crippen molar-refractivity contribution in [2.75, 3.05) is 0 Å². The van der Waals surface area contributed by atoms with Crippen molar-refractivity contribution in [3.8, 4) is 0 Å². The van der Waals surface area contributed by atoms with Gasteiger partial charge in [-0.05, 0) is 6.42 Å². The fourth-order valence-electron chi connectivity index (χ4n) is 1.88. The van der Waals surface area contributed by atoms with Gasteiger partial charge in [0.05, 0.1) is 0 Å². The second-order valence-corrected chi connectivity index (χ2v) is 3.83. The molecule has 1 aliphatic heterocycles. The average Bonchev–Trinajstić information content (AvgIpc) is 2.68.